The monoisotopic (exact) mass is 318 g/mol. The Bertz CT molecular complexity index is 634. The maximum Gasteiger partial charge on any atom is 0.0959 e. The van der Waals surface area contributed by atoms with Gasteiger partial charge in [-0.2, -0.15) is 5.10 Å². The topological polar surface area (TPSA) is 52.0 Å². The molecule has 1 aliphatic carbocycles. The largest absolute Gasteiger partial charge is 0.373 e. The Kier molecular flexibility index (Phi) is 3.98. The van der Waals surface area contributed by atoms with Crippen LogP contribution >= 0.6 is 11.3 Å². The van der Waals surface area contributed by atoms with Crippen LogP contribution in [0.2, 0.25) is 0 Å². The predicted molar refractivity (Wildman–Crippen MR) is 85.8 cm³/mol. The molecule has 1 saturated heterocycles. The highest BCUT2D eigenvalue weighted by Gasteiger charge is 2.30. The van der Waals surface area contributed by atoms with Crippen LogP contribution in [0.4, 0.5) is 0 Å². The van der Waals surface area contributed by atoms with Gasteiger partial charge in [-0.25, -0.2) is 4.98 Å². The van der Waals surface area contributed by atoms with Crippen molar-refractivity contribution in [3.05, 3.63) is 34.0 Å². The van der Waals surface area contributed by atoms with E-state index in [-0.39, 0.29) is 6.10 Å². The fourth-order valence-corrected chi connectivity index (χ4v) is 4.10. The van der Waals surface area contributed by atoms with E-state index >= 15 is 0 Å². The minimum absolute atomic E-state index is 0.179. The van der Waals surface area contributed by atoms with E-state index in [0.717, 1.165) is 32.0 Å². The molecule has 4 rings (SSSR count). The summed E-state index contributed by atoms with van der Waals surface area (Å²) in [5.41, 5.74) is 2.38. The molecule has 2 aromatic rings. The lowest BCUT2D eigenvalue weighted by Gasteiger charge is -2.17. The quantitative estimate of drug-likeness (QED) is 0.889. The second-order valence-electron chi connectivity index (χ2n) is 6.37. The summed E-state index contributed by atoms with van der Waals surface area (Å²) in [5.74, 6) is 1.28. The van der Waals surface area contributed by atoms with E-state index in [9.17, 15) is 0 Å². The van der Waals surface area contributed by atoms with Crippen LogP contribution in [0, 0.1) is 5.92 Å². The van der Waals surface area contributed by atoms with Crippen LogP contribution in [-0.4, -0.2) is 27.9 Å². The summed E-state index contributed by atoms with van der Waals surface area (Å²) in [5, 5.41) is 11.3. The molecular formula is C16H22N4OS. The van der Waals surface area contributed by atoms with Gasteiger partial charge in [0.2, 0.25) is 0 Å². The van der Waals surface area contributed by atoms with Crippen molar-refractivity contribution >= 4 is 11.3 Å². The zero-order valence-corrected chi connectivity index (χ0v) is 13.7. The van der Waals surface area contributed by atoms with E-state index < -0.39 is 0 Å². The molecule has 3 heterocycles. The standard InChI is InChI=1S/C16H22N4OS/c1-20-9-13(7-18-20)15-12(4-5-21-15)6-17-8-14-10-22-16(19-14)11-2-3-11/h7,9-12,15,17H,2-6,8H2,1H3. The van der Waals surface area contributed by atoms with Gasteiger partial charge in [-0.3, -0.25) is 4.68 Å². The number of rotatable bonds is 6. The molecule has 0 spiro atoms. The third-order valence-electron chi connectivity index (χ3n) is 4.48. The number of hydrogen-bond donors (Lipinski definition) is 1. The Labute approximate surface area is 134 Å². The first-order valence-electron chi connectivity index (χ1n) is 8.05. The van der Waals surface area contributed by atoms with Crippen molar-refractivity contribution in [3.63, 3.8) is 0 Å². The smallest absolute Gasteiger partial charge is 0.0959 e. The highest BCUT2D eigenvalue weighted by atomic mass is 32.1. The van der Waals surface area contributed by atoms with E-state index in [0.29, 0.717) is 5.92 Å². The molecule has 6 heteroatoms. The van der Waals surface area contributed by atoms with Crippen LogP contribution in [-0.2, 0) is 18.3 Å². The van der Waals surface area contributed by atoms with Crippen LogP contribution in [0.15, 0.2) is 17.8 Å². The molecule has 2 fully saturated rings. The van der Waals surface area contributed by atoms with Gasteiger partial charge in [0.15, 0.2) is 0 Å². The second-order valence-corrected chi connectivity index (χ2v) is 7.26. The van der Waals surface area contributed by atoms with Crippen molar-refractivity contribution in [1.82, 2.24) is 20.1 Å². The molecule has 2 aliphatic rings. The minimum atomic E-state index is 0.179. The summed E-state index contributed by atoms with van der Waals surface area (Å²) in [7, 11) is 1.95. The number of thiazole rings is 1. The van der Waals surface area contributed by atoms with Gasteiger partial charge in [-0.05, 0) is 19.3 Å². The highest BCUT2D eigenvalue weighted by Crippen LogP contribution is 2.41. The van der Waals surface area contributed by atoms with Crippen LogP contribution in [0.25, 0.3) is 0 Å². The number of nitrogens with one attached hydrogen (secondary N) is 1. The van der Waals surface area contributed by atoms with Crippen LogP contribution in [0.3, 0.4) is 0 Å². The third kappa shape index (κ3) is 3.09. The predicted octanol–water partition coefficient (Wildman–Crippen LogP) is 2.62. The zero-order chi connectivity index (χ0) is 14.9. The van der Waals surface area contributed by atoms with Crippen molar-refractivity contribution in [1.29, 1.82) is 0 Å². The maximum absolute atomic E-state index is 5.90. The molecule has 0 bridgehead atoms. The Balaban J connectivity index is 1.30. The van der Waals surface area contributed by atoms with Gasteiger partial charge in [0.1, 0.15) is 0 Å². The normalized spacial score (nSPS) is 25.0. The van der Waals surface area contributed by atoms with Crippen molar-refractivity contribution in [2.24, 2.45) is 13.0 Å². The van der Waals surface area contributed by atoms with Gasteiger partial charge in [0.25, 0.3) is 0 Å². The number of hydrogen-bond acceptors (Lipinski definition) is 5. The first kappa shape index (κ1) is 14.4. The van der Waals surface area contributed by atoms with Crippen molar-refractivity contribution in [3.8, 4) is 0 Å². The average Bonchev–Trinajstić information content (AvgIpc) is 2.90. The van der Waals surface area contributed by atoms with Crippen molar-refractivity contribution in [2.75, 3.05) is 13.2 Å². The molecule has 22 heavy (non-hydrogen) atoms. The SMILES string of the molecule is Cn1cc(C2OCCC2CNCc2csc(C3CC3)n2)cn1. The Morgan fingerprint density at radius 2 is 2.32 bits per heavy atom. The highest BCUT2D eigenvalue weighted by molar-refractivity contribution is 7.09. The van der Waals surface area contributed by atoms with Crippen LogP contribution < -0.4 is 5.32 Å². The summed E-state index contributed by atoms with van der Waals surface area (Å²) in [6.45, 7) is 2.67. The molecule has 1 N–H and O–H groups in total. The maximum atomic E-state index is 5.90. The lowest BCUT2D eigenvalue weighted by molar-refractivity contribution is 0.0904. The summed E-state index contributed by atoms with van der Waals surface area (Å²) in [6, 6.07) is 0. The van der Waals surface area contributed by atoms with Crippen LogP contribution in [0.1, 0.15) is 47.5 Å². The molecule has 1 saturated carbocycles. The molecule has 2 atom stereocenters. The van der Waals surface area contributed by atoms with E-state index in [2.05, 4.69) is 22.0 Å². The molecule has 118 valence electrons. The van der Waals surface area contributed by atoms with E-state index in [4.69, 9.17) is 9.72 Å². The van der Waals surface area contributed by atoms with E-state index in [1.54, 1.807) is 0 Å². The van der Waals surface area contributed by atoms with Gasteiger partial charge in [0, 0.05) is 55.7 Å². The van der Waals surface area contributed by atoms with E-state index in [1.165, 1.54) is 29.1 Å². The van der Waals surface area contributed by atoms with Crippen LogP contribution in [0.5, 0.6) is 0 Å². The Morgan fingerprint density at radius 1 is 1.41 bits per heavy atom. The molecule has 0 aromatic carbocycles. The number of aryl methyl sites for hydroxylation is 1. The second kappa shape index (κ2) is 6.10. The summed E-state index contributed by atoms with van der Waals surface area (Å²) in [4.78, 5) is 4.73. The average molecular weight is 318 g/mol. The van der Waals surface area contributed by atoms with E-state index in [1.807, 2.05) is 29.3 Å². The van der Waals surface area contributed by atoms with Gasteiger partial charge in [-0.1, -0.05) is 0 Å². The number of nitrogens with zero attached hydrogens (tertiary/aromatic N) is 3. The third-order valence-corrected chi connectivity index (χ3v) is 5.53. The number of ether oxygens (including phenoxy) is 1. The van der Waals surface area contributed by atoms with Crippen molar-refractivity contribution < 1.29 is 4.74 Å². The lowest BCUT2D eigenvalue weighted by atomic mass is 9.97. The molecule has 5 nitrogen and oxygen atoms in total. The summed E-state index contributed by atoms with van der Waals surface area (Å²) in [6.07, 6.45) is 7.92. The molecule has 0 amide bonds. The molecule has 2 aromatic heterocycles. The zero-order valence-electron chi connectivity index (χ0n) is 12.9. The van der Waals surface area contributed by atoms with Gasteiger partial charge in [0.05, 0.1) is 23.0 Å². The molecular weight excluding hydrogens is 296 g/mol. The Morgan fingerprint density at radius 3 is 3.09 bits per heavy atom. The number of aromatic nitrogens is 3. The molecule has 2 unspecified atom stereocenters. The first-order valence-corrected chi connectivity index (χ1v) is 8.93. The first-order chi connectivity index (χ1) is 10.8. The van der Waals surface area contributed by atoms with Crippen molar-refractivity contribution in [2.45, 2.75) is 37.8 Å². The minimum Gasteiger partial charge on any atom is -0.373 e. The molecule has 0 radical (unpaired) electrons. The Hall–Kier alpha value is -1.24. The van der Waals surface area contributed by atoms with Gasteiger partial charge < -0.3 is 10.1 Å². The molecule has 1 aliphatic heterocycles. The summed E-state index contributed by atoms with van der Waals surface area (Å²) >= 11 is 1.82. The van der Waals surface area contributed by atoms with Gasteiger partial charge >= 0.3 is 0 Å². The fourth-order valence-electron chi connectivity index (χ4n) is 3.11. The summed E-state index contributed by atoms with van der Waals surface area (Å²) < 4.78 is 7.75. The fraction of sp³-hybridized carbons (Fsp3) is 0.625. The lowest BCUT2D eigenvalue weighted by Crippen LogP contribution is -2.24. The van der Waals surface area contributed by atoms with Gasteiger partial charge in [-0.15, -0.1) is 11.3 Å².